The van der Waals surface area contributed by atoms with E-state index in [0.29, 0.717) is 12.6 Å². The minimum absolute atomic E-state index is 0.489. The molecule has 0 bridgehead atoms. The van der Waals surface area contributed by atoms with Crippen molar-refractivity contribution in [2.75, 3.05) is 24.7 Å². The van der Waals surface area contributed by atoms with E-state index in [0.717, 1.165) is 31.9 Å². The van der Waals surface area contributed by atoms with Crippen molar-refractivity contribution in [1.29, 1.82) is 0 Å². The fourth-order valence-electron chi connectivity index (χ4n) is 2.43. The zero-order chi connectivity index (χ0) is 11.8. The quantitative estimate of drug-likeness (QED) is 0.777. The zero-order valence-electron chi connectivity index (χ0n) is 10.1. The van der Waals surface area contributed by atoms with Gasteiger partial charge in [0.15, 0.2) is 0 Å². The van der Waals surface area contributed by atoms with Crippen LogP contribution < -0.4 is 10.2 Å². The summed E-state index contributed by atoms with van der Waals surface area (Å²) in [5.41, 5.74) is 3.45. The third kappa shape index (κ3) is 1.85. The van der Waals surface area contributed by atoms with Crippen molar-refractivity contribution in [3.63, 3.8) is 0 Å². The SMILES string of the molecule is C=C1COCCN1c1cnn2c1CN[C@@H](C)C2. The predicted molar refractivity (Wildman–Crippen MR) is 65.8 cm³/mol. The van der Waals surface area contributed by atoms with E-state index in [1.165, 1.54) is 11.4 Å². The molecule has 0 saturated carbocycles. The van der Waals surface area contributed by atoms with Gasteiger partial charge in [-0.1, -0.05) is 6.58 Å². The Morgan fingerprint density at radius 2 is 2.47 bits per heavy atom. The molecule has 3 heterocycles. The zero-order valence-corrected chi connectivity index (χ0v) is 10.1. The summed E-state index contributed by atoms with van der Waals surface area (Å²) < 4.78 is 7.48. The Hall–Kier alpha value is -1.33. The van der Waals surface area contributed by atoms with Gasteiger partial charge in [0.05, 0.1) is 37.3 Å². The largest absolute Gasteiger partial charge is 0.373 e. The Morgan fingerprint density at radius 1 is 1.59 bits per heavy atom. The van der Waals surface area contributed by atoms with Gasteiger partial charge in [-0.25, -0.2) is 0 Å². The van der Waals surface area contributed by atoms with E-state index in [-0.39, 0.29) is 0 Å². The summed E-state index contributed by atoms with van der Waals surface area (Å²) in [7, 11) is 0. The van der Waals surface area contributed by atoms with Crippen LogP contribution in [0.2, 0.25) is 0 Å². The van der Waals surface area contributed by atoms with Crippen LogP contribution in [0.3, 0.4) is 0 Å². The van der Waals surface area contributed by atoms with Crippen molar-refractivity contribution in [2.24, 2.45) is 0 Å². The summed E-state index contributed by atoms with van der Waals surface area (Å²) in [5, 5.41) is 7.94. The standard InChI is InChI=1S/C12H18N4O/c1-9-7-16-12(5-13-9)11(6-14-16)15-3-4-17-8-10(15)2/h6,9,13H,2-5,7-8H2,1H3/t9-/m0/s1. The molecule has 1 N–H and O–H groups in total. The highest BCUT2D eigenvalue weighted by Gasteiger charge is 2.24. The van der Waals surface area contributed by atoms with E-state index < -0.39 is 0 Å². The summed E-state index contributed by atoms with van der Waals surface area (Å²) >= 11 is 0. The van der Waals surface area contributed by atoms with Crippen molar-refractivity contribution in [3.05, 3.63) is 24.2 Å². The number of nitrogens with one attached hydrogen (secondary N) is 1. The van der Waals surface area contributed by atoms with Crippen LogP contribution in [-0.2, 0) is 17.8 Å². The molecule has 3 rings (SSSR count). The molecule has 1 aromatic rings. The molecule has 0 aromatic carbocycles. The molecular formula is C12H18N4O. The first-order valence-corrected chi connectivity index (χ1v) is 6.07. The summed E-state index contributed by atoms with van der Waals surface area (Å²) in [5.74, 6) is 0. The van der Waals surface area contributed by atoms with Crippen LogP contribution >= 0.6 is 0 Å². The molecule has 1 atom stereocenters. The van der Waals surface area contributed by atoms with Crippen LogP contribution in [0.25, 0.3) is 0 Å². The summed E-state index contributed by atoms with van der Waals surface area (Å²) in [6, 6.07) is 0.489. The van der Waals surface area contributed by atoms with Crippen LogP contribution in [0, 0.1) is 0 Å². The molecule has 1 fully saturated rings. The second-order valence-corrected chi connectivity index (χ2v) is 4.71. The first kappa shape index (κ1) is 10.8. The number of hydrogen-bond acceptors (Lipinski definition) is 4. The van der Waals surface area contributed by atoms with Crippen LogP contribution in [0.4, 0.5) is 5.69 Å². The minimum atomic E-state index is 0.489. The van der Waals surface area contributed by atoms with Gasteiger partial charge in [-0.15, -0.1) is 0 Å². The number of nitrogens with zero attached hydrogens (tertiary/aromatic N) is 3. The van der Waals surface area contributed by atoms with Crippen molar-refractivity contribution in [3.8, 4) is 0 Å². The lowest BCUT2D eigenvalue weighted by atomic mass is 10.2. The molecule has 92 valence electrons. The number of morpholine rings is 1. The van der Waals surface area contributed by atoms with Crippen LogP contribution in [0.15, 0.2) is 18.5 Å². The van der Waals surface area contributed by atoms with Gasteiger partial charge in [0.25, 0.3) is 0 Å². The third-order valence-electron chi connectivity index (χ3n) is 3.39. The Morgan fingerprint density at radius 3 is 3.29 bits per heavy atom. The maximum atomic E-state index is 5.39. The normalized spacial score (nSPS) is 24.9. The average Bonchev–Trinajstić information content (AvgIpc) is 2.72. The van der Waals surface area contributed by atoms with E-state index in [1.807, 2.05) is 6.20 Å². The lowest BCUT2D eigenvalue weighted by molar-refractivity contribution is 0.143. The van der Waals surface area contributed by atoms with Crippen LogP contribution in [-0.4, -0.2) is 35.6 Å². The predicted octanol–water partition coefficient (Wildman–Crippen LogP) is 0.725. The number of rotatable bonds is 1. The highest BCUT2D eigenvalue weighted by molar-refractivity contribution is 5.55. The van der Waals surface area contributed by atoms with E-state index in [2.05, 4.69) is 33.5 Å². The van der Waals surface area contributed by atoms with Crippen LogP contribution in [0.1, 0.15) is 12.6 Å². The number of ether oxygens (including phenoxy) is 1. The Labute approximate surface area is 101 Å². The summed E-state index contributed by atoms with van der Waals surface area (Å²) in [4.78, 5) is 2.22. The number of hydrogen-bond donors (Lipinski definition) is 1. The Kier molecular flexibility index (Phi) is 2.64. The van der Waals surface area contributed by atoms with Gasteiger partial charge in [-0.05, 0) is 6.92 Å². The van der Waals surface area contributed by atoms with Crippen molar-refractivity contribution < 1.29 is 4.74 Å². The summed E-state index contributed by atoms with van der Waals surface area (Å²) in [6.45, 7) is 10.3. The Bertz CT molecular complexity index is 440. The number of anilines is 1. The molecule has 0 amide bonds. The molecule has 0 spiro atoms. The highest BCUT2D eigenvalue weighted by Crippen LogP contribution is 2.26. The second kappa shape index (κ2) is 4.16. The van der Waals surface area contributed by atoms with Gasteiger partial charge in [0, 0.05) is 24.8 Å². The minimum Gasteiger partial charge on any atom is -0.373 e. The van der Waals surface area contributed by atoms with Gasteiger partial charge < -0.3 is 15.0 Å². The molecule has 2 aliphatic rings. The Balaban J connectivity index is 1.91. The molecule has 1 aromatic heterocycles. The monoisotopic (exact) mass is 234 g/mol. The second-order valence-electron chi connectivity index (χ2n) is 4.71. The molecule has 0 radical (unpaired) electrons. The molecule has 2 aliphatic heterocycles. The van der Waals surface area contributed by atoms with E-state index in [9.17, 15) is 0 Å². The number of fused-ring (bicyclic) bond motifs is 1. The highest BCUT2D eigenvalue weighted by atomic mass is 16.5. The fraction of sp³-hybridized carbons (Fsp3) is 0.583. The molecule has 5 nitrogen and oxygen atoms in total. The van der Waals surface area contributed by atoms with Crippen molar-refractivity contribution in [2.45, 2.75) is 26.1 Å². The first-order chi connectivity index (χ1) is 8.25. The van der Waals surface area contributed by atoms with Gasteiger partial charge in [-0.2, -0.15) is 5.10 Å². The maximum Gasteiger partial charge on any atom is 0.0862 e. The van der Waals surface area contributed by atoms with Gasteiger partial charge in [0.1, 0.15) is 0 Å². The molecule has 5 heteroatoms. The fourth-order valence-corrected chi connectivity index (χ4v) is 2.43. The topological polar surface area (TPSA) is 42.3 Å². The molecule has 0 aliphatic carbocycles. The molecule has 0 unspecified atom stereocenters. The van der Waals surface area contributed by atoms with Crippen molar-refractivity contribution in [1.82, 2.24) is 15.1 Å². The molecular weight excluding hydrogens is 216 g/mol. The molecule has 1 saturated heterocycles. The van der Waals surface area contributed by atoms with Gasteiger partial charge >= 0.3 is 0 Å². The number of aromatic nitrogens is 2. The lowest BCUT2D eigenvalue weighted by Gasteiger charge is -2.32. The maximum absolute atomic E-state index is 5.39. The lowest BCUT2D eigenvalue weighted by Crippen LogP contribution is -2.39. The first-order valence-electron chi connectivity index (χ1n) is 6.07. The van der Waals surface area contributed by atoms with Gasteiger partial charge in [-0.3, -0.25) is 4.68 Å². The summed E-state index contributed by atoms with van der Waals surface area (Å²) in [6.07, 6.45) is 1.95. The van der Waals surface area contributed by atoms with E-state index >= 15 is 0 Å². The average molecular weight is 234 g/mol. The van der Waals surface area contributed by atoms with E-state index in [4.69, 9.17) is 4.74 Å². The molecule has 17 heavy (non-hydrogen) atoms. The van der Waals surface area contributed by atoms with Crippen molar-refractivity contribution >= 4 is 5.69 Å². The van der Waals surface area contributed by atoms with Gasteiger partial charge in [0.2, 0.25) is 0 Å². The smallest absolute Gasteiger partial charge is 0.0862 e. The van der Waals surface area contributed by atoms with E-state index in [1.54, 1.807) is 0 Å². The van der Waals surface area contributed by atoms with Crippen LogP contribution in [0.5, 0.6) is 0 Å². The third-order valence-corrected chi connectivity index (χ3v) is 3.39.